The van der Waals surface area contributed by atoms with Crippen LogP contribution in [0.4, 0.5) is 5.95 Å². The van der Waals surface area contributed by atoms with Crippen molar-refractivity contribution in [3.8, 4) is 62.6 Å². The van der Waals surface area contributed by atoms with Crippen molar-refractivity contribution >= 4 is 5.95 Å². The van der Waals surface area contributed by atoms with Crippen molar-refractivity contribution < 1.29 is 0 Å². The normalized spacial score (nSPS) is 11.5. The summed E-state index contributed by atoms with van der Waals surface area (Å²) in [4.78, 5) is 23.1. The van der Waals surface area contributed by atoms with Gasteiger partial charge in [-0.2, -0.15) is 5.26 Å². The second kappa shape index (κ2) is 9.53. The third-order valence-corrected chi connectivity index (χ3v) is 7.02. The molecule has 0 amide bonds. The van der Waals surface area contributed by atoms with Crippen LogP contribution in [0.1, 0.15) is 16.8 Å². The van der Waals surface area contributed by atoms with Gasteiger partial charge in [0.2, 0.25) is 5.95 Å². The van der Waals surface area contributed by atoms with Crippen LogP contribution >= 0.6 is 0 Å². The lowest BCUT2D eigenvalue weighted by molar-refractivity contribution is 1.07. The van der Waals surface area contributed by atoms with Crippen LogP contribution < -0.4 is 5.73 Å². The molecule has 1 aliphatic carbocycles. The number of hydrogen-bond acceptors (Lipinski definition) is 7. The molecule has 0 fully saturated rings. The molecule has 7 rings (SSSR count). The van der Waals surface area contributed by atoms with Crippen molar-refractivity contribution in [2.45, 2.75) is 6.42 Å². The summed E-state index contributed by atoms with van der Waals surface area (Å²) in [6, 6.07) is 36.5. The second-order valence-electron chi connectivity index (χ2n) is 9.54. The maximum absolute atomic E-state index is 9.55. The zero-order valence-electron chi connectivity index (χ0n) is 21.3. The molecule has 0 spiro atoms. The molecule has 0 radical (unpaired) electrons. The Hall–Kier alpha value is -5.74. The molecule has 2 heterocycles. The number of anilines is 1. The third kappa shape index (κ3) is 4.14. The molecule has 2 aromatic heterocycles. The maximum atomic E-state index is 9.55. The Morgan fingerprint density at radius 1 is 0.575 bits per heavy atom. The van der Waals surface area contributed by atoms with Crippen LogP contribution in [-0.4, -0.2) is 24.9 Å². The summed E-state index contributed by atoms with van der Waals surface area (Å²) in [5.74, 6) is 1.94. The number of rotatable bonds is 4. The van der Waals surface area contributed by atoms with E-state index < -0.39 is 0 Å². The molecule has 0 saturated carbocycles. The van der Waals surface area contributed by atoms with E-state index in [1.165, 1.54) is 0 Å². The highest BCUT2D eigenvalue weighted by Crippen LogP contribution is 2.39. The van der Waals surface area contributed by atoms with Crippen LogP contribution in [0, 0.1) is 11.3 Å². The van der Waals surface area contributed by atoms with E-state index in [0.29, 0.717) is 29.6 Å². The molecule has 4 aromatic carbocycles. The molecule has 0 bridgehead atoms. The van der Waals surface area contributed by atoms with Gasteiger partial charge in [0, 0.05) is 34.2 Å². The van der Waals surface area contributed by atoms with E-state index in [4.69, 9.17) is 20.7 Å². The fourth-order valence-corrected chi connectivity index (χ4v) is 5.08. The number of benzene rings is 4. The molecule has 0 aliphatic heterocycles. The first kappa shape index (κ1) is 23.4. The maximum Gasteiger partial charge on any atom is 0.221 e. The Morgan fingerprint density at radius 2 is 1.15 bits per heavy atom. The number of nitriles is 1. The second-order valence-corrected chi connectivity index (χ2v) is 9.54. The van der Waals surface area contributed by atoms with Gasteiger partial charge in [-0.15, -0.1) is 0 Å². The first-order valence-corrected chi connectivity index (χ1v) is 12.8. The van der Waals surface area contributed by atoms with Gasteiger partial charge in [-0.05, 0) is 28.8 Å². The van der Waals surface area contributed by atoms with Gasteiger partial charge in [0.1, 0.15) is 11.8 Å². The van der Waals surface area contributed by atoms with E-state index >= 15 is 0 Å². The number of nitrogens with zero attached hydrogens (tertiary/aromatic N) is 6. The van der Waals surface area contributed by atoms with Gasteiger partial charge in [-0.1, -0.05) is 91.0 Å². The number of nitrogen functional groups attached to an aromatic ring is 1. The summed E-state index contributed by atoms with van der Waals surface area (Å²) < 4.78 is 0. The molecule has 6 aromatic rings. The zero-order chi connectivity index (χ0) is 27.1. The van der Waals surface area contributed by atoms with Gasteiger partial charge in [0.15, 0.2) is 17.5 Å². The standard InChI is InChI=1S/C33H21N7/c34-19-28-27-18-24-15-14-23(17-26(24)29(27)37-33(35)36-28)22-12-7-13-25(16-22)32-39-30(20-8-3-1-4-9-20)38-31(40-32)21-10-5-2-6-11-21/h1-17H,18H2,(H2,35,36,37). The average Bonchev–Trinajstić information content (AvgIpc) is 3.39. The van der Waals surface area contributed by atoms with Crippen molar-refractivity contribution in [2.75, 3.05) is 5.73 Å². The fourth-order valence-electron chi connectivity index (χ4n) is 5.08. The number of fused-ring (bicyclic) bond motifs is 3. The monoisotopic (exact) mass is 515 g/mol. The van der Waals surface area contributed by atoms with Crippen molar-refractivity contribution in [1.82, 2.24) is 24.9 Å². The van der Waals surface area contributed by atoms with Crippen LogP contribution in [0.25, 0.3) is 56.5 Å². The molecule has 7 heteroatoms. The average molecular weight is 516 g/mol. The van der Waals surface area contributed by atoms with Crippen LogP contribution in [0.3, 0.4) is 0 Å². The van der Waals surface area contributed by atoms with Crippen molar-refractivity contribution in [1.29, 1.82) is 5.26 Å². The Labute approximate surface area is 230 Å². The molecule has 40 heavy (non-hydrogen) atoms. The summed E-state index contributed by atoms with van der Waals surface area (Å²) in [5, 5.41) is 9.55. The summed E-state index contributed by atoms with van der Waals surface area (Å²) >= 11 is 0. The first-order chi connectivity index (χ1) is 19.7. The third-order valence-electron chi connectivity index (χ3n) is 7.02. The molecule has 0 unspecified atom stereocenters. The topological polar surface area (TPSA) is 114 Å². The highest BCUT2D eigenvalue weighted by Gasteiger charge is 2.25. The lowest BCUT2D eigenvalue weighted by Crippen LogP contribution is -2.01. The molecule has 188 valence electrons. The van der Waals surface area contributed by atoms with Crippen LogP contribution in [-0.2, 0) is 6.42 Å². The minimum atomic E-state index is 0.105. The predicted octanol–water partition coefficient (Wildman–Crippen LogP) is 6.35. The van der Waals surface area contributed by atoms with Gasteiger partial charge in [0.25, 0.3) is 0 Å². The lowest BCUT2D eigenvalue weighted by atomic mass is 9.98. The molecule has 7 nitrogen and oxygen atoms in total. The Morgan fingerprint density at radius 3 is 1.80 bits per heavy atom. The molecular weight excluding hydrogens is 494 g/mol. The molecule has 0 saturated heterocycles. The molecule has 2 N–H and O–H groups in total. The fraction of sp³-hybridized carbons (Fsp3) is 0.0303. The lowest BCUT2D eigenvalue weighted by Gasteiger charge is -2.10. The molecule has 0 atom stereocenters. The van der Waals surface area contributed by atoms with Crippen molar-refractivity contribution in [2.24, 2.45) is 0 Å². The Bertz CT molecular complexity index is 1890. The van der Waals surface area contributed by atoms with Gasteiger partial charge in [-0.3, -0.25) is 0 Å². The smallest absolute Gasteiger partial charge is 0.221 e. The van der Waals surface area contributed by atoms with Gasteiger partial charge < -0.3 is 5.73 Å². The van der Waals surface area contributed by atoms with Crippen LogP contribution in [0.15, 0.2) is 103 Å². The van der Waals surface area contributed by atoms with E-state index in [2.05, 4.69) is 46.4 Å². The van der Waals surface area contributed by atoms with E-state index in [-0.39, 0.29) is 5.95 Å². The van der Waals surface area contributed by atoms with Crippen LogP contribution in [0.5, 0.6) is 0 Å². The Kier molecular flexibility index (Phi) is 5.57. The zero-order valence-corrected chi connectivity index (χ0v) is 21.3. The van der Waals surface area contributed by atoms with Gasteiger partial charge >= 0.3 is 0 Å². The number of aromatic nitrogens is 5. The highest BCUT2D eigenvalue weighted by molar-refractivity contribution is 5.82. The van der Waals surface area contributed by atoms with E-state index in [1.54, 1.807) is 0 Å². The molecule has 1 aliphatic rings. The predicted molar refractivity (Wildman–Crippen MR) is 155 cm³/mol. The van der Waals surface area contributed by atoms with E-state index in [0.717, 1.165) is 50.2 Å². The minimum Gasteiger partial charge on any atom is -0.368 e. The first-order valence-electron chi connectivity index (χ1n) is 12.8. The number of hydrogen-bond donors (Lipinski definition) is 1. The van der Waals surface area contributed by atoms with E-state index in [9.17, 15) is 5.26 Å². The number of nitrogens with two attached hydrogens (primary N) is 1. The van der Waals surface area contributed by atoms with Crippen molar-refractivity contribution in [3.05, 3.63) is 120 Å². The highest BCUT2D eigenvalue weighted by atomic mass is 15.0. The largest absolute Gasteiger partial charge is 0.368 e. The summed E-state index contributed by atoms with van der Waals surface area (Å²) in [6.45, 7) is 0. The summed E-state index contributed by atoms with van der Waals surface area (Å²) in [5.41, 5.74) is 14.6. The van der Waals surface area contributed by atoms with Gasteiger partial charge in [-0.25, -0.2) is 24.9 Å². The van der Waals surface area contributed by atoms with Crippen LogP contribution in [0.2, 0.25) is 0 Å². The van der Waals surface area contributed by atoms with E-state index in [1.807, 2.05) is 72.8 Å². The Balaban J connectivity index is 1.33. The molecular formula is C33H21N7. The summed E-state index contributed by atoms with van der Waals surface area (Å²) in [6.07, 6.45) is 0.615. The quantitative estimate of drug-likeness (QED) is 0.290. The summed E-state index contributed by atoms with van der Waals surface area (Å²) in [7, 11) is 0. The minimum absolute atomic E-state index is 0.105. The van der Waals surface area contributed by atoms with Crippen molar-refractivity contribution in [3.63, 3.8) is 0 Å². The van der Waals surface area contributed by atoms with Gasteiger partial charge in [0.05, 0.1) is 5.69 Å². The SMILES string of the molecule is N#Cc1nc(N)nc2c1Cc1ccc(-c3cccc(-c4nc(-c5ccccc5)nc(-c5ccccc5)n4)c3)cc1-2.